The number of hydrogen-bond donors (Lipinski definition) is 2. The van der Waals surface area contributed by atoms with Gasteiger partial charge in [0.05, 0.1) is 6.04 Å². The molecule has 102 valence electrons. The molecule has 0 bridgehead atoms. The van der Waals surface area contributed by atoms with Crippen molar-refractivity contribution < 1.29 is 0 Å². The normalized spacial score (nSPS) is 20.5. The third-order valence-electron chi connectivity index (χ3n) is 4.10. The molecule has 0 amide bonds. The second-order valence-electron chi connectivity index (χ2n) is 5.90. The van der Waals surface area contributed by atoms with Crippen molar-refractivity contribution >= 4 is 27.3 Å². The average molecular weight is 331 g/mol. The molecule has 1 aliphatic rings. The fourth-order valence-electron chi connectivity index (χ4n) is 3.54. The van der Waals surface area contributed by atoms with Crippen molar-refractivity contribution in [2.75, 3.05) is 0 Å². The summed E-state index contributed by atoms with van der Waals surface area (Å²) in [5, 5.41) is 2.14. The molecule has 1 saturated carbocycles. The van der Waals surface area contributed by atoms with Crippen molar-refractivity contribution in [1.29, 1.82) is 0 Å². The van der Waals surface area contributed by atoms with Crippen LogP contribution in [0.4, 0.5) is 0 Å². The first-order chi connectivity index (χ1) is 8.59. The number of nitrogens with two attached hydrogens (primary N) is 1. The fraction of sp³-hybridized carbons (Fsp3) is 0.714. The largest absolute Gasteiger partial charge is 0.271 e. The van der Waals surface area contributed by atoms with Gasteiger partial charge in [0.2, 0.25) is 0 Å². The second-order valence-corrected chi connectivity index (χ2v) is 7.70. The van der Waals surface area contributed by atoms with E-state index in [0.29, 0.717) is 5.41 Å². The van der Waals surface area contributed by atoms with Gasteiger partial charge in [-0.3, -0.25) is 11.3 Å². The molecule has 4 heteroatoms. The molecule has 0 radical (unpaired) electrons. The van der Waals surface area contributed by atoms with Crippen molar-refractivity contribution in [3.63, 3.8) is 0 Å². The summed E-state index contributed by atoms with van der Waals surface area (Å²) in [5.74, 6) is 6.63. The molecule has 1 fully saturated rings. The van der Waals surface area contributed by atoms with Gasteiger partial charge < -0.3 is 0 Å². The first-order valence-electron chi connectivity index (χ1n) is 6.78. The molecule has 2 rings (SSSR count). The Balaban J connectivity index is 2.31. The van der Waals surface area contributed by atoms with Gasteiger partial charge >= 0.3 is 0 Å². The van der Waals surface area contributed by atoms with Crippen molar-refractivity contribution in [2.45, 2.75) is 52.0 Å². The van der Waals surface area contributed by atoms with Crippen molar-refractivity contribution in [2.24, 2.45) is 17.2 Å². The van der Waals surface area contributed by atoms with Crippen LogP contribution in [0.15, 0.2) is 15.9 Å². The van der Waals surface area contributed by atoms with E-state index in [-0.39, 0.29) is 6.04 Å². The number of hydrazine groups is 1. The first kappa shape index (κ1) is 14.5. The van der Waals surface area contributed by atoms with Crippen LogP contribution in [0.2, 0.25) is 0 Å². The monoisotopic (exact) mass is 330 g/mol. The third-order valence-corrected chi connectivity index (χ3v) is 6.04. The lowest BCUT2D eigenvalue weighted by molar-refractivity contribution is 0.158. The average Bonchev–Trinajstić information content (AvgIpc) is 2.90. The van der Waals surface area contributed by atoms with E-state index in [1.165, 1.54) is 41.5 Å². The predicted octanol–water partition coefficient (Wildman–Crippen LogP) is 4.62. The van der Waals surface area contributed by atoms with Crippen LogP contribution in [0, 0.1) is 11.3 Å². The molecule has 0 spiro atoms. The lowest BCUT2D eigenvalue weighted by Crippen LogP contribution is -2.40. The highest BCUT2D eigenvalue weighted by atomic mass is 79.9. The Labute approximate surface area is 122 Å². The summed E-state index contributed by atoms with van der Waals surface area (Å²) in [7, 11) is 0. The molecule has 0 aromatic carbocycles. The Bertz CT molecular complexity index is 383. The molecule has 0 saturated heterocycles. The summed E-state index contributed by atoms with van der Waals surface area (Å²) in [6.07, 6.45) is 6.53. The SMILES string of the molecule is CC(C)CC1(C(NN)c2sccc2Br)CCCC1. The summed E-state index contributed by atoms with van der Waals surface area (Å²) in [4.78, 5) is 1.36. The fourth-order valence-corrected chi connectivity index (χ4v) is 5.35. The van der Waals surface area contributed by atoms with Crippen LogP contribution in [0.1, 0.15) is 56.9 Å². The van der Waals surface area contributed by atoms with Crippen molar-refractivity contribution in [3.8, 4) is 0 Å². The highest BCUT2D eigenvalue weighted by Gasteiger charge is 2.43. The lowest BCUT2D eigenvalue weighted by Gasteiger charge is -2.38. The molecular formula is C14H23BrN2S. The standard InChI is InChI=1S/C14H23BrN2S/c1-10(2)9-14(6-3-4-7-14)13(17-16)12-11(15)5-8-18-12/h5,8,10,13,17H,3-4,6-7,9,16H2,1-2H3. The summed E-state index contributed by atoms with van der Waals surface area (Å²) in [6.45, 7) is 4.63. The molecule has 1 aromatic rings. The van der Waals surface area contributed by atoms with Gasteiger partial charge in [-0.05, 0) is 58.0 Å². The summed E-state index contributed by atoms with van der Waals surface area (Å²) >= 11 is 5.47. The van der Waals surface area contributed by atoms with E-state index in [0.717, 1.165) is 5.92 Å². The minimum absolute atomic E-state index is 0.289. The lowest BCUT2D eigenvalue weighted by atomic mass is 9.72. The number of nitrogens with one attached hydrogen (secondary N) is 1. The molecule has 1 aromatic heterocycles. The van der Waals surface area contributed by atoms with E-state index in [4.69, 9.17) is 5.84 Å². The smallest absolute Gasteiger partial charge is 0.0620 e. The van der Waals surface area contributed by atoms with Crippen LogP contribution in [0.3, 0.4) is 0 Å². The first-order valence-corrected chi connectivity index (χ1v) is 8.45. The molecule has 1 atom stereocenters. The van der Waals surface area contributed by atoms with Gasteiger partial charge in [-0.2, -0.15) is 0 Å². The van der Waals surface area contributed by atoms with E-state index in [9.17, 15) is 0 Å². The van der Waals surface area contributed by atoms with Gasteiger partial charge in [-0.1, -0.05) is 26.7 Å². The third kappa shape index (κ3) is 2.82. The Morgan fingerprint density at radius 1 is 1.44 bits per heavy atom. The van der Waals surface area contributed by atoms with Gasteiger partial charge in [-0.25, -0.2) is 0 Å². The zero-order valence-electron chi connectivity index (χ0n) is 11.2. The Hall–Kier alpha value is 0.100. The molecule has 3 N–H and O–H groups in total. The van der Waals surface area contributed by atoms with Gasteiger partial charge in [0.15, 0.2) is 0 Å². The number of rotatable bonds is 5. The number of hydrogen-bond acceptors (Lipinski definition) is 3. The van der Waals surface area contributed by atoms with E-state index >= 15 is 0 Å². The maximum Gasteiger partial charge on any atom is 0.0620 e. The van der Waals surface area contributed by atoms with E-state index in [1.54, 1.807) is 11.3 Å². The van der Waals surface area contributed by atoms with E-state index < -0.39 is 0 Å². The van der Waals surface area contributed by atoms with Gasteiger partial charge in [0, 0.05) is 9.35 Å². The summed E-state index contributed by atoms with van der Waals surface area (Å²) in [6, 6.07) is 2.42. The topological polar surface area (TPSA) is 38.0 Å². The molecule has 0 aliphatic heterocycles. The minimum Gasteiger partial charge on any atom is -0.271 e. The second kappa shape index (κ2) is 6.04. The molecule has 1 unspecified atom stereocenters. The minimum atomic E-state index is 0.289. The predicted molar refractivity (Wildman–Crippen MR) is 82.4 cm³/mol. The van der Waals surface area contributed by atoms with Gasteiger partial charge in [0.25, 0.3) is 0 Å². The Morgan fingerprint density at radius 3 is 2.56 bits per heavy atom. The molecule has 1 heterocycles. The zero-order valence-corrected chi connectivity index (χ0v) is 13.6. The van der Waals surface area contributed by atoms with Crippen LogP contribution < -0.4 is 11.3 Å². The maximum atomic E-state index is 5.91. The molecular weight excluding hydrogens is 308 g/mol. The zero-order chi connectivity index (χ0) is 13.2. The molecule has 18 heavy (non-hydrogen) atoms. The van der Waals surface area contributed by atoms with Crippen molar-refractivity contribution in [1.82, 2.24) is 5.43 Å². The van der Waals surface area contributed by atoms with Crippen LogP contribution in [-0.4, -0.2) is 0 Å². The summed E-state index contributed by atoms with van der Waals surface area (Å²) < 4.78 is 1.20. The quantitative estimate of drug-likeness (QED) is 0.610. The van der Waals surface area contributed by atoms with E-state index in [1.807, 2.05) is 0 Å². The Kier molecular flexibility index (Phi) is 4.86. The van der Waals surface area contributed by atoms with Crippen LogP contribution >= 0.6 is 27.3 Å². The van der Waals surface area contributed by atoms with Crippen LogP contribution in [-0.2, 0) is 0 Å². The highest BCUT2D eigenvalue weighted by Crippen LogP contribution is 2.53. The van der Waals surface area contributed by atoms with Crippen LogP contribution in [0.5, 0.6) is 0 Å². The van der Waals surface area contributed by atoms with Crippen molar-refractivity contribution in [3.05, 3.63) is 20.8 Å². The summed E-state index contributed by atoms with van der Waals surface area (Å²) in [5.41, 5.74) is 3.46. The molecule has 1 aliphatic carbocycles. The number of thiophene rings is 1. The maximum absolute atomic E-state index is 5.91. The van der Waals surface area contributed by atoms with Gasteiger partial charge in [-0.15, -0.1) is 11.3 Å². The highest BCUT2D eigenvalue weighted by molar-refractivity contribution is 9.10. The Morgan fingerprint density at radius 2 is 2.11 bits per heavy atom. The van der Waals surface area contributed by atoms with E-state index in [2.05, 4.69) is 46.6 Å². The molecule has 2 nitrogen and oxygen atoms in total. The van der Waals surface area contributed by atoms with Gasteiger partial charge in [0.1, 0.15) is 0 Å². The number of halogens is 1. The van der Waals surface area contributed by atoms with Crippen LogP contribution in [0.25, 0.3) is 0 Å².